The minimum Gasteiger partial charge on any atom is -0.392 e. The van der Waals surface area contributed by atoms with E-state index in [1.54, 1.807) is 0 Å². The summed E-state index contributed by atoms with van der Waals surface area (Å²) in [7, 11) is 1.47. The van der Waals surface area contributed by atoms with Gasteiger partial charge in [-0.25, -0.2) is 4.98 Å². The Kier molecular flexibility index (Phi) is 1.74. The van der Waals surface area contributed by atoms with Crippen LogP contribution in [-0.2, 0) is 7.05 Å². The number of anilines is 2. The van der Waals surface area contributed by atoms with E-state index in [2.05, 4.69) is 4.98 Å². The number of aromatic nitrogens is 2. The summed E-state index contributed by atoms with van der Waals surface area (Å²) in [5.41, 5.74) is 10.1. The third-order valence-electron chi connectivity index (χ3n) is 1.31. The van der Waals surface area contributed by atoms with Crippen LogP contribution >= 0.6 is 11.6 Å². The second-order valence-corrected chi connectivity index (χ2v) is 2.40. The molecule has 0 spiro atoms. The van der Waals surface area contributed by atoms with E-state index in [1.165, 1.54) is 7.05 Å². The van der Waals surface area contributed by atoms with Gasteiger partial charge in [-0.15, -0.1) is 0 Å². The van der Waals surface area contributed by atoms with Crippen molar-refractivity contribution in [3.63, 3.8) is 0 Å². The van der Waals surface area contributed by atoms with Gasteiger partial charge in [-0.05, 0) is 0 Å². The molecule has 1 rings (SSSR count). The fourth-order valence-electron chi connectivity index (χ4n) is 0.609. The largest absolute Gasteiger partial charge is 0.392 e. The van der Waals surface area contributed by atoms with E-state index in [0.29, 0.717) is 0 Å². The number of nitrogen functional groups attached to an aromatic ring is 2. The van der Waals surface area contributed by atoms with Gasteiger partial charge in [0.1, 0.15) is 5.69 Å². The molecule has 1 aromatic heterocycles. The van der Waals surface area contributed by atoms with Crippen LogP contribution in [0.25, 0.3) is 0 Å². The maximum Gasteiger partial charge on any atom is 0.279 e. The van der Waals surface area contributed by atoms with Gasteiger partial charge >= 0.3 is 0 Å². The molecule has 0 fully saturated rings. The topological polar surface area (TPSA) is 86.9 Å². The standard InChI is InChI=1S/C5H7ClN4O/c1-10-4(11)2(7)3(6)9-5(10)8/h7H2,1H3,(H2,8,9). The second-order valence-electron chi connectivity index (χ2n) is 2.04. The molecule has 0 aliphatic rings. The van der Waals surface area contributed by atoms with Crippen molar-refractivity contribution >= 4 is 23.2 Å². The molecule has 0 unspecified atom stereocenters. The maximum absolute atomic E-state index is 11.0. The van der Waals surface area contributed by atoms with Crippen LogP contribution in [0.1, 0.15) is 0 Å². The Bertz CT molecular complexity index is 316. The summed E-state index contributed by atoms with van der Waals surface area (Å²) < 4.78 is 1.13. The van der Waals surface area contributed by atoms with Crippen molar-refractivity contribution in [1.82, 2.24) is 9.55 Å². The van der Waals surface area contributed by atoms with E-state index in [-0.39, 0.29) is 16.8 Å². The molecule has 0 aliphatic carbocycles. The van der Waals surface area contributed by atoms with E-state index in [0.717, 1.165) is 4.57 Å². The Balaban J connectivity index is 3.59. The summed E-state index contributed by atoms with van der Waals surface area (Å²) in [6, 6.07) is 0. The Hall–Kier alpha value is -1.23. The molecule has 0 saturated carbocycles. The van der Waals surface area contributed by atoms with Crippen LogP contribution in [0, 0.1) is 0 Å². The second kappa shape index (κ2) is 2.43. The molecule has 0 amide bonds. The van der Waals surface area contributed by atoms with Gasteiger partial charge in [0.05, 0.1) is 0 Å². The van der Waals surface area contributed by atoms with Crippen molar-refractivity contribution in [3.8, 4) is 0 Å². The first-order valence-corrected chi connectivity index (χ1v) is 3.19. The summed E-state index contributed by atoms with van der Waals surface area (Å²) in [6.45, 7) is 0. The Labute approximate surface area is 67.6 Å². The lowest BCUT2D eigenvalue weighted by Crippen LogP contribution is -2.24. The van der Waals surface area contributed by atoms with Crippen molar-refractivity contribution in [3.05, 3.63) is 15.5 Å². The third kappa shape index (κ3) is 1.14. The number of halogens is 1. The lowest BCUT2D eigenvalue weighted by molar-refractivity contribution is 0.848. The van der Waals surface area contributed by atoms with Gasteiger partial charge < -0.3 is 11.5 Å². The van der Waals surface area contributed by atoms with Crippen LogP contribution in [0.5, 0.6) is 0 Å². The average Bonchev–Trinajstić information content (AvgIpc) is 1.97. The molecule has 1 aromatic rings. The summed E-state index contributed by atoms with van der Waals surface area (Å²) in [6.07, 6.45) is 0. The normalized spacial score (nSPS) is 10.0. The molecule has 6 heteroatoms. The number of hydrogen-bond donors (Lipinski definition) is 2. The highest BCUT2D eigenvalue weighted by Gasteiger charge is 2.06. The van der Waals surface area contributed by atoms with E-state index in [4.69, 9.17) is 23.1 Å². The van der Waals surface area contributed by atoms with Crippen molar-refractivity contribution in [2.75, 3.05) is 11.5 Å². The Morgan fingerprint density at radius 1 is 1.55 bits per heavy atom. The molecule has 0 aromatic carbocycles. The van der Waals surface area contributed by atoms with Crippen LogP contribution in [0.4, 0.5) is 11.6 Å². The predicted molar refractivity (Wildman–Crippen MR) is 43.3 cm³/mol. The van der Waals surface area contributed by atoms with Crippen molar-refractivity contribution in [2.45, 2.75) is 0 Å². The van der Waals surface area contributed by atoms with Gasteiger partial charge in [-0.1, -0.05) is 11.6 Å². The van der Waals surface area contributed by atoms with E-state index >= 15 is 0 Å². The summed E-state index contributed by atoms with van der Waals surface area (Å²) in [5.74, 6) is 0.0502. The van der Waals surface area contributed by atoms with E-state index in [9.17, 15) is 4.79 Å². The quantitative estimate of drug-likeness (QED) is 0.524. The van der Waals surface area contributed by atoms with Crippen LogP contribution in [0.3, 0.4) is 0 Å². The zero-order chi connectivity index (χ0) is 8.59. The first-order chi connectivity index (χ1) is 5.04. The lowest BCUT2D eigenvalue weighted by atomic mass is 10.5. The first kappa shape index (κ1) is 7.87. The molecule has 0 aliphatic heterocycles. The number of nitrogens with two attached hydrogens (primary N) is 2. The van der Waals surface area contributed by atoms with Gasteiger partial charge in [0.2, 0.25) is 5.95 Å². The molecule has 0 radical (unpaired) electrons. The highest BCUT2D eigenvalue weighted by atomic mass is 35.5. The average molecular weight is 175 g/mol. The van der Waals surface area contributed by atoms with Crippen molar-refractivity contribution in [2.24, 2.45) is 7.05 Å². The van der Waals surface area contributed by atoms with Gasteiger partial charge in [0, 0.05) is 7.05 Å². The summed E-state index contributed by atoms with van der Waals surface area (Å²) >= 11 is 5.46. The number of nitrogens with zero attached hydrogens (tertiary/aromatic N) is 2. The Morgan fingerprint density at radius 3 is 2.64 bits per heavy atom. The smallest absolute Gasteiger partial charge is 0.279 e. The van der Waals surface area contributed by atoms with Crippen molar-refractivity contribution in [1.29, 1.82) is 0 Å². The minimum atomic E-state index is -0.428. The van der Waals surface area contributed by atoms with Crippen LogP contribution in [0.2, 0.25) is 5.15 Å². The fraction of sp³-hybridized carbons (Fsp3) is 0.200. The summed E-state index contributed by atoms with van der Waals surface area (Å²) in [4.78, 5) is 14.7. The molecule has 1 heterocycles. The van der Waals surface area contributed by atoms with Crippen molar-refractivity contribution < 1.29 is 0 Å². The molecule has 11 heavy (non-hydrogen) atoms. The highest BCUT2D eigenvalue weighted by molar-refractivity contribution is 6.31. The zero-order valence-corrected chi connectivity index (χ0v) is 6.59. The zero-order valence-electron chi connectivity index (χ0n) is 5.84. The Morgan fingerprint density at radius 2 is 2.09 bits per heavy atom. The maximum atomic E-state index is 11.0. The molecule has 4 N–H and O–H groups in total. The number of rotatable bonds is 0. The molecular formula is C5H7ClN4O. The third-order valence-corrected chi connectivity index (χ3v) is 1.60. The highest BCUT2D eigenvalue weighted by Crippen LogP contribution is 2.10. The molecule has 0 saturated heterocycles. The van der Waals surface area contributed by atoms with Gasteiger partial charge in [-0.3, -0.25) is 9.36 Å². The monoisotopic (exact) mass is 174 g/mol. The van der Waals surface area contributed by atoms with Crippen LogP contribution in [-0.4, -0.2) is 9.55 Å². The molecular weight excluding hydrogens is 168 g/mol. The predicted octanol–water partition coefficient (Wildman–Crippen LogP) is -0.402. The summed E-state index contributed by atoms with van der Waals surface area (Å²) in [5, 5.41) is -0.0504. The fourth-order valence-corrected chi connectivity index (χ4v) is 0.776. The van der Waals surface area contributed by atoms with E-state index in [1.807, 2.05) is 0 Å². The number of hydrogen-bond acceptors (Lipinski definition) is 4. The first-order valence-electron chi connectivity index (χ1n) is 2.81. The SMILES string of the molecule is Cn1c(N)nc(Cl)c(N)c1=O. The lowest BCUT2D eigenvalue weighted by Gasteiger charge is -2.03. The van der Waals surface area contributed by atoms with Crippen LogP contribution < -0.4 is 17.0 Å². The molecule has 0 bridgehead atoms. The van der Waals surface area contributed by atoms with Gasteiger partial charge in [-0.2, -0.15) is 0 Å². The van der Waals surface area contributed by atoms with E-state index < -0.39 is 5.56 Å². The molecule has 5 nitrogen and oxygen atoms in total. The minimum absolute atomic E-state index is 0.0502. The molecule has 60 valence electrons. The molecule has 0 atom stereocenters. The van der Waals surface area contributed by atoms with Crippen LogP contribution in [0.15, 0.2) is 4.79 Å². The van der Waals surface area contributed by atoms with Gasteiger partial charge in [0.25, 0.3) is 5.56 Å². The van der Waals surface area contributed by atoms with Gasteiger partial charge in [0.15, 0.2) is 5.15 Å².